The van der Waals surface area contributed by atoms with Crippen LogP contribution in [0.4, 0.5) is 11.4 Å². The molecule has 0 saturated carbocycles. The largest absolute Gasteiger partial charge is 0.370 e. The number of hydrogen-bond donors (Lipinski definition) is 2. The van der Waals surface area contributed by atoms with Crippen LogP contribution in [0.1, 0.15) is 47.2 Å². The van der Waals surface area contributed by atoms with Gasteiger partial charge in [0.15, 0.2) is 0 Å². The summed E-state index contributed by atoms with van der Waals surface area (Å²) in [6, 6.07) is 8.03. The van der Waals surface area contributed by atoms with Gasteiger partial charge >= 0.3 is 0 Å². The fraction of sp³-hybridized carbons (Fsp3) is 0.400. The van der Waals surface area contributed by atoms with E-state index in [-0.39, 0.29) is 5.91 Å². The molecule has 0 bridgehead atoms. The smallest absolute Gasteiger partial charge is 0.255 e. The Morgan fingerprint density at radius 3 is 2.92 bits per heavy atom. The van der Waals surface area contributed by atoms with Crippen molar-refractivity contribution in [3.05, 3.63) is 53.3 Å². The Labute approximate surface area is 148 Å². The van der Waals surface area contributed by atoms with Crippen molar-refractivity contribution in [1.82, 2.24) is 10.3 Å². The van der Waals surface area contributed by atoms with Crippen LogP contribution in [0, 0.1) is 0 Å². The van der Waals surface area contributed by atoms with Crippen LogP contribution in [0.2, 0.25) is 0 Å². The number of nitrogens with one attached hydrogen (secondary N) is 2. The maximum atomic E-state index is 12.6. The Kier molecular flexibility index (Phi) is 4.40. The third kappa shape index (κ3) is 3.37. The van der Waals surface area contributed by atoms with E-state index in [1.54, 1.807) is 6.20 Å². The summed E-state index contributed by atoms with van der Waals surface area (Å²) in [7, 11) is 0. The first-order valence-corrected chi connectivity index (χ1v) is 9.05. The van der Waals surface area contributed by atoms with Gasteiger partial charge in [-0.15, -0.1) is 0 Å². The number of carbonyl (C=O) groups is 1. The molecule has 1 unspecified atom stereocenters. The molecule has 1 fully saturated rings. The lowest BCUT2D eigenvalue weighted by atomic mass is 9.91. The molecule has 5 heteroatoms. The highest BCUT2D eigenvalue weighted by molar-refractivity contribution is 6.04. The molecule has 1 aromatic heterocycles. The number of anilines is 2. The van der Waals surface area contributed by atoms with Gasteiger partial charge in [0.1, 0.15) is 0 Å². The molecule has 0 radical (unpaired) electrons. The summed E-state index contributed by atoms with van der Waals surface area (Å²) in [6.07, 6.45) is 6.02. The van der Waals surface area contributed by atoms with E-state index in [0.29, 0.717) is 11.5 Å². The van der Waals surface area contributed by atoms with Gasteiger partial charge in [-0.1, -0.05) is 13.0 Å². The van der Waals surface area contributed by atoms with E-state index < -0.39 is 0 Å². The molecule has 1 aromatic carbocycles. The lowest BCUT2D eigenvalue weighted by Gasteiger charge is -2.23. The minimum absolute atomic E-state index is 0.0820. The van der Waals surface area contributed by atoms with Gasteiger partial charge in [0.25, 0.3) is 5.91 Å². The second-order valence-corrected chi connectivity index (χ2v) is 7.03. The quantitative estimate of drug-likeness (QED) is 0.904. The molecular formula is C20H24N4O. The van der Waals surface area contributed by atoms with Crippen LogP contribution >= 0.6 is 0 Å². The summed E-state index contributed by atoms with van der Waals surface area (Å²) in [4.78, 5) is 19.2. The van der Waals surface area contributed by atoms with Gasteiger partial charge in [-0.3, -0.25) is 9.78 Å². The average molecular weight is 336 g/mol. The van der Waals surface area contributed by atoms with Crippen molar-refractivity contribution >= 4 is 17.3 Å². The highest BCUT2D eigenvalue weighted by atomic mass is 16.1. The number of aromatic nitrogens is 1. The topological polar surface area (TPSA) is 57.3 Å². The maximum absolute atomic E-state index is 12.6. The third-order valence-electron chi connectivity index (χ3n) is 5.15. The monoisotopic (exact) mass is 336 g/mol. The summed E-state index contributed by atoms with van der Waals surface area (Å²) in [5.41, 5.74) is 5.09. The lowest BCUT2D eigenvalue weighted by molar-refractivity contribution is 0.102. The van der Waals surface area contributed by atoms with E-state index in [0.717, 1.165) is 37.6 Å². The van der Waals surface area contributed by atoms with Crippen LogP contribution in [0.3, 0.4) is 0 Å². The zero-order chi connectivity index (χ0) is 17.2. The summed E-state index contributed by atoms with van der Waals surface area (Å²) in [5.74, 6) is 0.406. The van der Waals surface area contributed by atoms with Crippen molar-refractivity contribution in [2.45, 2.75) is 32.2 Å². The van der Waals surface area contributed by atoms with Crippen molar-refractivity contribution in [1.29, 1.82) is 0 Å². The number of rotatable bonds is 3. The number of benzene rings is 1. The normalized spacial score (nSPS) is 19.6. The molecule has 0 aliphatic carbocycles. The van der Waals surface area contributed by atoms with E-state index in [9.17, 15) is 4.79 Å². The number of fused-ring (bicyclic) bond motifs is 1. The summed E-state index contributed by atoms with van der Waals surface area (Å²) < 4.78 is 0. The zero-order valence-electron chi connectivity index (χ0n) is 14.6. The summed E-state index contributed by atoms with van der Waals surface area (Å²) >= 11 is 0. The van der Waals surface area contributed by atoms with Crippen LogP contribution in [0.15, 0.2) is 36.7 Å². The molecule has 0 spiro atoms. The van der Waals surface area contributed by atoms with Gasteiger partial charge in [-0.2, -0.15) is 0 Å². The molecule has 25 heavy (non-hydrogen) atoms. The first kappa shape index (κ1) is 16.1. The Balaban J connectivity index is 1.51. The molecule has 2 aromatic rings. The van der Waals surface area contributed by atoms with Crippen LogP contribution in [0.5, 0.6) is 0 Å². The van der Waals surface area contributed by atoms with Gasteiger partial charge < -0.3 is 15.5 Å². The number of amides is 1. The number of carbonyl (C=O) groups excluding carboxylic acids is 1. The second kappa shape index (κ2) is 6.84. The molecule has 1 saturated heterocycles. The minimum Gasteiger partial charge on any atom is -0.370 e. The Hall–Kier alpha value is -2.40. The van der Waals surface area contributed by atoms with Gasteiger partial charge in [-0.05, 0) is 48.1 Å². The number of nitrogens with zero attached hydrogens (tertiary/aromatic N) is 2. The van der Waals surface area contributed by atoms with Crippen molar-refractivity contribution < 1.29 is 4.79 Å². The molecule has 5 nitrogen and oxygen atoms in total. The van der Waals surface area contributed by atoms with Crippen LogP contribution in [-0.4, -0.2) is 30.5 Å². The van der Waals surface area contributed by atoms with Gasteiger partial charge in [0.05, 0.1) is 23.8 Å². The molecule has 130 valence electrons. The van der Waals surface area contributed by atoms with E-state index in [4.69, 9.17) is 0 Å². The standard InChI is InChI=1S/C20H24N4O/c1-14-10-21-11-16-8-15(4-5-19(14)16)20(25)23-17-9-18(13-22-12-17)24-6-2-3-7-24/h4-5,8-9,12-14,21H,2-3,6-7,10-11H2,1H3,(H,23,25). The van der Waals surface area contributed by atoms with E-state index in [1.807, 2.05) is 24.4 Å². The fourth-order valence-electron chi connectivity index (χ4n) is 3.76. The first-order chi connectivity index (χ1) is 12.2. The molecule has 2 N–H and O–H groups in total. The van der Waals surface area contributed by atoms with E-state index in [1.165, 1.54) is 24.0 Å². The van der Waals surface area contributed by atoms with Crippen molar-refractivity contribution in [3.63, 3.8) is 0 Å². The molecule has 1 atom stereocenters. The number of hydrogen-bond acceptors (Lipinski definition) is 4. The SMILES string of the molecule is CC1CNCc2cc(C(=O)Nc3cncc(N4CCCC4)c3)ccc21. The predicted molar refractivity (Wildman–Crippen MR) is 100 cm³/mol. The summed E-state index contributed by atoms with van der Waals surface area (Å²) in [6.45, 7) is 6.16. The van der Waals surface area contributed by atoms with Crippen molar-refractivity contribution in [2.75, 3.05) is 29.9 Å². The second-order valence-electron chi connectivity index (χ2n) is 7.03. The summed E-state index contributed by atoms with van der Waals surface area (Å²) in [5, 5.41) is 6.39. The van der Waals surface area contributed by atoms with Crippen molar-refractivity contribution in [2.24, 2.45) is 0 Å². The maximum Gasteiger partial charge on any atom is 0.255 e. The molecule has 2 aliphatic rings. The number of pyridine rings is 1. The molecular weight excluding hydrogens is 312 g/mol. The van der Waals surface area contributed by atoms with Gasteiger partial charge in [0, 0.05) is 31.7 Å². The predicted octanol–water partition coefficient (Wildman–Crippen LogP) is 3.14. The van der Waals surface area contributed by atoms with Crippen LogP contribution in [0.25, 0.3) is 0 Å². The zero-order valence-corrected chi connectivity index (χ0v) is 14.6. The molecule has 4 rings (SSSR count). The Morgan fingerprint density at radius 1 is 1.24 bits per heavy atom. The fourth-order valence-corrected chi connectivity index (χ4v) is 3.76. The average Bonchev–Trinajstić information content (AvgIpc) is 3.16. The third-order valence-corrected chi connectivity index (χ3v) is 5.15. The van der Waals surface area contributed by atoms with Crippen LogP contribution in [-0.2, 0) is 6.54 Å². The van der Waals surface area contributed by atoms with E-state index in [2.05, 4.69) is 33.5 Å². The van der Waals surface area contributed by atoms with Gasteiger partial charge in [-0.25, -0.2) is 0 Å². The minimum atomic E-state index is -0.0820. The Morgan fingerprint density at radius 2 is 2.08 bits per heavy atom. The lowest BCUT2D eigenvalue weighted by Crippen LogP contribution is -2.27. The van der Waals surface area contributed by atoms with Crippen LogP contribution < -0.4 is 15.5 Å². The van der Waals surface area contributed by atoms with Crippen molar-refractivity contribution in [3.8, 4) is 0 Å². The highest BCUT2D eigenvalue weighted by Gasteiger charge is 2.18. The molecule has 3 heterocycles. The molecule has 1 amide bonds. The van der Waals surface area contributed by atoms with Gasteiger partial charge in [0.2, 0.25) is 0 Å². The van der Waals surface area contributed by atoms with E-state index >= 15 is 0 Å². The Bertz CT molecular complexity index is 783. The first-order valence-electron chi connectivity index (χ1n) is 9.05. The highest BCUT2D eigenvalue weighted by Crippen LogP contribution is 2.25. The molecule has 2 aliphatic heterocycles.